The molecule has 0 spiro atoms. The maximum absolute atomic E-state index is 13.1. The lowest BCUT2D eigenvalue weighted by molar-refractivity contribution is -0.132. The van der Waals surface area contributed by atoms with Crippen molar-refractivity contribution in [2.75, 3.05) is 20.7 Å². The van der Waals surface area contributed by atoms with E-state index in [1.165, 1.54) is 19.2 Å². The van der Waals surface area contributed by atoms with Crippen molar-refractivity contribution in [1.29, 1.82) is 0 Å². The number of halogens is 1. The molecule has 1 aliphatic carbocycles. The molecule has 1 fully saturated rings. The monoisotopic (exact) mass is 436 g/mol. The third kappa shape index (κ3) is 3.95. The zero-order valence-corrected chi connectivity index (χ0v) is 18.2. The van der Waals surface area contributed by atoms with Crippen LogP contribution in [-0.2, 0) is 4.79 Å². The smallest absolute Gasteiger partial charge is 0.255 e. The van der Waals surface area contributed by atoms with Gasteiger partial charge >= 0.3 is 0 Å². The Kier molecular flexibility index (Phi) is 5.69. The van der Waals surface area contributed by atoms with E-state index in [1.54, 1.807) is 42.3 Å². The van der Waals surface area contributed by atoms with Gasteiger partial charge in [-0.25, -0.2) is 4.39 Å². The van der Waals surface area contributed by atoms with E-state index >= 15 is 0 Å². The van der Waals surface area contributed by atoms with Crippen LogP contribution in [-0.4, -0.2) is 53.2 Å². The molecule has 3 aromatic rings. The van der Waals surface area contributed by atoms with Crippen molar-refractivity contribution in [3.63, 3.8) is 0 Å². The van der Waals surface area contributed by atoms with Crippen molar-refractivity contribution in [1.82, 2.24) is 20.4 Å². The number of hydrogen-bond acceptors (Lipinski definition) is 4. The van der Waals surface area contributed by atoms with Crippen molar-refractivity contribution in [2.24, 2.45) is 0 Å². The fraction of sp³-hybridized carbons (Fsp3) is 0.292. The molecule has 4 rings (SSSR count). The minimum atomic E-state index is -0.844. The highest BCUT2D eigenvalue weighted by Crippen LogP contribution is 2.39. The summed E-state index contributed by atoms with van der Waals surface area (Å²) in [6.45, 7) is 2.47. The number of methoxy groups -OCH3 is 1. The number of rotatable bonds is 7. The molecule has 0 bridgehead atoms. The summed E-state index contributed by atoms with van der Waals surface area (Å²) in [5, 5.41) is 10.8. The van der Waals surface area contributed by atoms with E-state index in [9.17, 15) is 14.0 Å². The Morgan fingerprint density at radius 2 is 1.94 bits per heavy atom. The van der Waals surface area contributed by atoms with Gasteiger partial charge in [-0.1, -0.05) is 18.2 Å². The maximum Gasteiger partial charge on any atom is 0.255 e. The first-order chi connectivity index (χ1) is 15.4. The molecule has 2 amide bonds. The number of aromatic nitrogens is 2. The number of amides is 2. The first-order valence-corrected chi connectivity index (χ1v) is 10.5. The Balaban J connectivity index is 1.66. The van der Waals surface area contributed by atoms with Gasteiger partial charge in [0.25, 0.3) is 5.91 Å². The van der Waals surface area contributed by atoms with Crippen LogP contribution in [0, 0.1) is 5.82 Å². The zero-order valence-electron chi connectivity index (χ0n) is 18.2. The lowest BCUT2D eigenvalue weighted by Crippen LogP contribution is -2.49. The quantitative estimate of drug-likeness (QED) is 0.592. The molecular weight excluding hydrogens is 411 g/mol. The summed E-state index contributed by atoms with van der Waals surface area (Å²) in [4.78, 5) is 27.4. The summed E-state index contributed by atoms with van der Waals surface area (Å²) in [6.07, 6.45) is 4.85. The summed E-state index contributed by atoms with van der Waals surface area (Å²) >= 11 is 0. The molecule has 2 aromatic carbocycles. The normalized spacial score (nSPS) is 14.5. The predicted octanol–water partition coefficient (Wildman–Crippen LogP) is 3.62. The van der Waals surface area contributed by atoms with E-state index < -0.39 is 5.54 Å². The topological polar surface area (TPSA) is 87.3 Å². The Hall–Kier alpha value is -3.68. The Morgan fingerprint density at radius 1 is 1.22 bits per heavy atom. The number of hydrogen-bond donors (Lipinski definition) is 2. The number of nitrogens with one attached hydrogen (secondary N) is 2. The van der Waals surface area contributed by atoms with E-state index in [2.05, 4.69) is 15.5 Å². The summed E-state index contributed by atoms with van der Waals surface area (Å²) in [7, 11) is 3.22. The molecule has 1 saturated carbocycles. The van der Waals surface area contributed by atoms with Crippen LogP contribution in [0.1, 0.15) is 41.4 Å². The maximum atomic E-state index is 13.1. The number of carbonyl (C=O) groups is 2. The van der Waals surface area contributed by atoms with Crippen LogP contribution < -0.4 is 10.1 Å². The molecule has 1 aliphatic rings. The Morgan fingerprint density at radius 3 is 2.56 bits per heavy atom. The molecular formula is C24H25FN4O3. The van der Waals surface area contributed by atoms with Gasteiger partial charge in [-0.2, -0.15) is 5.10 Å². The van der Waals surface area contributed by atoms with Crippen LogP contribution in [0.15, 0.2) is 36.4 Å². The van der Waals surface area contributed by atoms with Gasteiger partial charge in [0.1, 0.15) is 17.1 Å². The summed E-state index contributed by atoms with van der Waals surface area (Å²) in [6, 6.07) is 9.49. The molecule has 8 heteroatoms. The zero-order chi connectivity index (χ0) is 22.9. The number of carbonyl (C=O) groups excluding carboxylic acids is 2. The molecule has 2 N–H and O–H groups in total. The van der Waals surface area contributed by atoms with Crippen molar-refractivity contribution in [2.45, 2.75) is 25.3 Å². The third-order valence-corrected chi connectivity index (χ3v) is 5.80. The van der Waals surface area contributed by atoms with Gasteiger partial charge in [0.05, 0.1) is 29.3 Å². The van der Waals surface area contributed by atoms with E-state index in [0.717, 1.165) is 5.56 Å². The number of aromatic amines is 1. The summed E-state index contributed by atoms with van der Waals surface area (Å²) in [5.74, 6) is -0.378. The lowest BCUT2D eigenvalue weighted by Gasteiger charge is -2.23. The van der Waals surface area contributed by atoms with Crippen LogP contribution >= 0.6 is 0 Å². The Labute approximate surface area is 185 Å². The molecule has 0 saturated heterocycles. The first-order valence-electron chi connectivity index (χ1n) is 10.5. The van der Waals surface area contributed by atoms with Gasteiger partial charge in [0, 0.05) is 13.6 Å². The molecule has 7 nitrogen and oxygen atoms in total. The van der Waals surface area contributed by atoms with Gasteiger partial charge in [-0.05, 0) is 55.7 Å². The fourth-order valence-corrected chi connectivity index (χ4v) is 3.68. The van der Waals surface area contributed by atoms with Gasteiger partial charge in [0.2, 0.25) is 5.91 Å². The first kappa shape index (κ1) is 21.5. The van der Waals surface area contributed by atoms with Crippen LogP contribution in [0.25, 0.3) is 23.1 Å². The molecule has 1 heterocycles. The average molecular weight is 436 g/mol. The van der Waals surface area contributed by atoms with Gasteiger partial charge in [-0.3, -0.25) is 14.7 Å². The van der Waals surface area contributed by atoms with E-state index in [4.69, 9.17) is 4.74 Å². The standard InChI is InChI=1S/C24H25FN4O3/c1-4-29(2)23(31)24(13-14-24)26-22(30)17-10-12-19-20(21(17)32-3)18(27-28-19)11-7-15-5-8-16(25)9-6-15/h5-12H,4,13-14H2,1-3H3,(H,26,30)(H,27,28). The minimum Gasteiger partial charge on any atom is -0.495 e. The molecule has 0 radical (unpaired) electrons. The number of nitrogens with zero attached hydrogens (tertiary/aromatic N) is 2. The van der Waals surface area contributed by atoms with Gasteiger partial charge in [-0.15, -0.1) is 0 Å². The van der Waals surface area contributed by atoms with E-state index in [0.29, 0.717) is 47.3 Å². The lowest BCUT2D eigenvalue weighted by atomic mass is 10.1. The van der Waals surface area contributed by atoms with Crippen LogP contribution in [0.4, 0.5) is 4.39 Å². The van der Waals surface area contributed by atoms with Gasteiger partial charge in [0.15, 0.2) is 0 Å². The van der Waals surface area contributed by atoms with Crippen LogP contribution in [0.5, 0.6) is 5.75 Å². The summed E-state index contributed by atoms with van der Waals surface area (Å²) < 4.78 is 18.8. The van der Waals surface area contributed by atoms with E-state index in [1.807, 2.05) is 13.0 Å². The highest BCUT2D eigenvalue weighted by Gasteiger charge is 2.52. The van der Waals surface area contributed by atoms with Crippen molar-refractivity contribution >= 4 is 34.9 Å². The third-order valence-electron chi connectivity index (χ3n) is 5.80. The predicted molar refractivity (Wildman–Crippen MR) is 121 cm³/mol. The van der Waals surface area contributed by atoms with Crippen molar-refractivity contribution in [3.8, 4) is 5.75 Å². The number of likely N-dealkylation sites (N-methyl/N-ethyl adjacent to an activating group) is 1. The second-order valence-electron chi connectivity index (χ2n) is 7.92. The summed E-state index contributed by atoms with van der Waals surface area (Å²) in [5.41, 5.74) is 1.59. The highest BCUT2D eigenvalue weighted by atomic mass is 19.1. The Bertz CT molecular complexity index is 1200. The second kappa shape index (κ2) is 8.45. The fourth-order valence-electron chi connectivity index (χ4n) is 3.68. The molecule has 0 aliphatic heterocycles. The molecule has 0 unspecified atom stereocenters. The average Bonchev–Trinajstić information content (AvgIpc) is 3.47. The largest absolute Gasteiger partial charge is 0.495 e. The molecule has 166 valence electrons. The number of ether oxygens (including phenoxy) is 1. The molecule has 32 heavy (non-hydrogen) atoms. The minimum absolute atomic E-state index is 0.0837. The molecule has 0 atom stereocenters. The van der Waals surface area contributed by atoms with Crippen molar-refractivity contribution < 1.29 is 18.7 Å². The SMILES string of the molecule is CCN(C)C(=O)C1(NC(=O)c2ccc3n[nH]c(C=Cc4ccc(F)cc4)c3c2OC)CC1. The number of fused-ring (bicyclic) bond motifs is 1. The molecule has 1 aromatic heterocycles. The second-order valence-corrected chi connectivity index (χ2v) is 7.92. The van der Waals surface area contributed by atoms with E-state index in [-0.39, 0.29) is 17.6 Å². The van der Waals surface area contributed by atoms with Crippen LogP contribution in [0.3, 0.4) is 0 Å². The highest BCUT2D eigenvalue weighted by molar-refractivity contribution is 6.07. The van der Waals surface area contributed by atoms with Gasteiger partial charge < -0.3 is 15.0 Å². The van der Waals surface area contributed by atoms with Crippen molar-refractivity contribution in [3.05, 3.63) is 59.0 Å². The number of benzene rings is 2. The number of H-pyrrole nitrogens is 1. The van der Waals surface area contributed by atoms with Crippen LogP contribution in [0.2, 0.25) is 0 Å².